The SMILES string of the molecule is CCC(CC)[C@H](NS(=O)(=O)c1ccc(Cl)s1)c1ccnn1Cc1ccc(OC)cc1. The van der Waals surface area contributed by atoms with Crippen molar-refractivity contribution >= 4 is 33.0 Å². The number of nitrogens with one attached hydrogen (secondary N) is 1. The first-order valence-corrected chi connectivity index (χ1v) is 12.5. The van der Waals surface area contributed by atoms with E-state index in [0.717, 1.165) is 41.2 Å². The summed E-state index contributed by atoms with van der Waals surface area (Å²) in [6, 6.07) is 12.4. The summed E-state index contributed by atoms with van der Waals surface area (Å²) >= 11 is 7.01. The lowest BCUT2D eigenvalue weighted by atomic mass is 9.92. The van der Waals surface area contributed by atoms with E-state index in [1.807, 2.05) is 35.0 Å². The smallest absolute Gasteiger partial charge is 0.250 e. The average molecular weight is 468 g/mol. The largest absolute Gasteiger partial charge is 0.497 e. The molecule has 1 aromatic carbocycles. The van der Waals surface area contributed by atoms with Crippen molar-refractivity contribution in [3.63, 3.8) is 0 Å². The van der Waals surface area contributed by atoms with Gasteiger partial charge in [0.15, 0.2) is 0 Å². The highest BCUT2D eigenvalue weighted by Crippen LogP contribution is 2.32. The quantitative estimate of drug-likeness (QED) is 0.449. The lowest BCUT2D eigenvalue weighted by Crippen LogP contribution is -2.34. The van der Waals surface area contributed by atoms with E-state index in [1.54, 1.807) is 19.4 Å². The molecule has 162 valence electrons. The molecule has 9 heteroatoms. The number of hydrogen-bond acceptors (Lipinski definition) is 5. The number of rotatable bonds is 10. The average Bonchev–Trinajstić information content (AvgIpc) is 3.38. The Kier molecular flexibility index (Phi) is 7.57. The van der Waals surface area contributed by atoms with Gasteiger partial charge in [-0.05, 0) is 41.8 Å². The minimum absolute atomic E-state index is 0.126. The molecule has 0 saturated carbocycles. The molecule has 0 unspecified atom stereocenters. The van der Waals surface area contributed by atoms with E-state index in [0.29, 0.717) is 10.9 Å². The molecule has 6 nitrogen and oxygen atoms in total. The van der Waals surface area contributed by atoms with Crippen molar-refractivity contribution in [1.82, 2.24) is 14.5 Å². The normalized spacial score (nSPS) is 13.0. The third-order valence-corrected chi connectivity index (χ3v) is 8.34. The van der Waals surface area contributed by atoms with Crippen LogP contribution in [0, 0.1) is 5.92 Å². The Morgan fingerprint density at radius 1 is 1.13 bits per heavy atom. The number of benzene rings is 1. The maximum absolute atomic E-state index is 13.0. The van der Waals surface area contributed by atoms with Crippen LogP contribution in [0.25, 0.3) is 0 Å². The van der Waals surface area contributed by atoms with Gasteiger partial charge in [-0.25, -0.2) is 13.1 Å². The second-order valence-electron chi connectivity index (χ2n) is 7.00. The molecule has 0 amide bonds. The van der Waals surface area contributed by atoms with Crippen molar-refractivity contribution in [3.8, 4) is 5.75 Å². The molecule has 0 spiro atoms. The second kappa shape index (κ2) is 9.96. The van der Waals surface area contributed by atoms with Crippen LogP contribution in [-0.4, -0.2) is 25.3 Å². The van der Waals surface area contributed by atoms with Crippen molar-refractivity contribution in [1.29, 1.82) is 0 Å². The second-order valence-corrected chi connectivity index (χ2v) is 10.7. The predicted octanol–water partition coefficient (Wildman–Crippen LogP) is 5.11. The molecule has 0 bridgehead atoms. The van der Waals surface area contributed by atoms with Crippen LogP contribution in [0.5, 0.6) is 5.75 Å². The van der Waals surface area contributed by atoms with Gasteiger partial charge in [0.2, 0.25) is 0 Å². The fraction of sp³-hybridized carbons (Fsp3) is 0.381. The van der Waals surface area contributed by atoms with Gasteiger partial charge in [0.25, 0.3) is 10.0 Å². The fourth-order valence-corrected chi connectivity index (χ4v) is 6.25. The molecule has 0 aliphatic rings. The summed E-state index contributed by atoms with van der Waals surface area (Å²) in [6.45, 7) is 4.68. The Labute approximate surface area is 186 Å². The Hall–Kier alpha value is -1.87. The summed E-state index contributed by atoms with van der Waals surface area (Å²) in [5, 5.41) is 4.46. The summed E-state index contributed by atoms with van der Waals surface area (Å²) in [5.74, 6) is 0.915. The van der Waals surface area contributed by atoms with E-state index < -0.39 is 16.1 Å². The van der Waals surface area contributed by atoms with E-state index in [1.165, 1.54) is 6.07 Å². The Balaban J connectivity index is 1.92. The van der Waals surface area contributed by atoms with Crippen molar-refractivity contribution in [2.45, 2.75) is 43.5 Å². The molecule has 1 atom stereocenters. The van der Waals surface area contributed by atoms with Crippen LogP contribution in [0.2, 0.25) is 4.34 Å². The highest BCUT2D eigenvalue weighted by molar-refractivity contribution is 7.91. The number of methoxy groups -OCH3 is 1. The molecule has 0 saturated heterocycles. The fourth-order valence-electron chi connectivity index (χ4n) is 3.47. The van der Waals surface area contributed by atoms with E-state index in [-0.39, 0.29) is 10.1 Å². The first kappa shape index (κ1) is 22.8. The molecular formula is C21H26ClN3O3S2. The van der Waals surface area contributed by atoms with Crippen molar-refractivity contribution in [3.05, 3.63) is 64.3 Å². The molecular weight excluding hydrogens is 442 g/mol. The molecule has 1 N–H and O–H groups in total. The van der Waals surface area contributed by atoms with E-state index in [9.17, 15) is 8.42 Å². The van der Waals surface area contributed by atoms with Gasteiger partial charge in [0.1, 0.15) is 9.96 Å². The zero-order valence-corrected chi connectivity index (χ0v) is 19.6. The van der Waals surface area contributed by atoms with Crippen LogP contribution in [0.3, 0.4) is 0 Å². The Morgan fingerprint density at radius 2 is 1.83 bits per heavy atom. The Bertz CT molecular complexity index is 1060. The van der Waals surface area contributed by atoms with Gasteiger partial charge in [0.05, 0.1) is 29.7 Å². The molecule has 2 aromatic heterocycles. The number of halogens is 1. The molecule has 3 rings (SSSR count). The number of aromatic nitrogens is 2. The number of hydrogen-bond donors (Lipinski definition) is 1. The van der Waals surface area contributed by atoms with Gasteiger partial charge >= 0.3 is 0 Å². The van der Waals surface area contributed by atoms with E-state index in [4.69, 9.17) is 16.3 Å². The molecule has 0 fully saturated rings. The lowest BCUT2D eigenvalue weighted by Gasteiger charge is -2.27. The van der Waals surface area contributed by atoms with Crippen LogP contribution >= 0.6 is 22.9 Å². The topological polar surface area (TPSA) is 73.2 Å². The third-order valence-electron chi connectivity index (χ3n) is 5.18. The monoisotopic (exact) mass is 467 g/mol. The van der Waals surface area contributed by atoms with Gasteiger partial charge in [-0.15, -0.1) is 11.3 Å². The van der Waals surface area contributed by atoms with Crippen molar-refractivity contribution in [2.24, 2.45) is 5.92 Å². The van der Waals surface area contributed by atoms with Gasteiger partial charge in [-0.3, -0.25) is 4.68 Å². The molecule has 3 aromatic rings. The standard InChI is InChI=1S/C21H26ClN3O3S2/c1-4-16(5-2)21(24-30(26,27)20-11-10-19(22)29-20)18-12-13-23-25(18)14-15-6-8-17(28-3)9-7-15/h6-13,16,21,24H,4-5,14H2,1-3H3/t21-/m0/s1. The summed E-state index contributed by atoms with van der Waals surface area (Å²) in [5.41, 5.74) is 1.89. The Morgan fingerprint density at radius 3 is 2.40 bits per heavy atom. The van der Waals surface area contributed by atoms with Crippen LogP contribution in [0.1, 0.15) is 44.0 Å². The molecule has 30 heavy (non-hydrogen) atoms. The summed E-state index contributed by atoms with van der Waals surface area (Å²) in [7, 11) is -2.07. The van der Waals surface area contributed by atoms with Crippen LogP contribution < -0.4 is 9.46 Å². The summed E-state index contributed by atoms with van der Waals surface area (Å²) in [6.07, 6.45) is 3.38. The van der Waals surface area contributed by atoms with Crippen LogP contribution in [0.15, 0.2) is 52.9 Å². The maximum Gasteiger partial charge on any atom is 0.250 e. The van der Waals surface area contributed by atoms with E-state index in [2.05, 4.69) is 23.7 Å². The zero-order chi connectivity index (χ0) is 21.7. The number of thiophene rings is 1. The molecule has 0 radical (unpaired) electrons. The van der Waals surface area contributed by atoms with Crippen LogP contribution in [-0.2, 0) is 16.6 Å². The number of sulfonamides is 1. The summed E-state index contributed by atoms with van der Waals surface area (Å²) < 4.78 is 36.7. The third kappa shape index (κ3) is 5.24. The minimum Gasteiger partial charge on any atom is -0.497 e. The van der Waals surface area contributed by atoms with Crippen molar-refractivity contribution < 1.29 is 13.2 Å². The van der Waals surface area contributed by atoms with Gasteiger partial charge in [-0.1, -0.05) is 50.4 Å². The first-order valence-electron chi connectivity index (χ1n) is 9.80. The molecule has 2 heterocycles. The highest BCUT2D eigenvalue weighted by atomic mass is 35.5. The summed E-state index contributed by atoms with van der Waals surface area (Å²) in [4.78, 5) is 0. The van der Waals surface area contributed by atoms with Crippen LogP contribution in [0.4, 0.5) is 0 Å². The molecule has 0 aliphatic carbocycles. The van der Waals surface area contributed by atoms with E-state index >= 15 is 0 Å². The number of ether oxygens (including phenoxy) is 1. The lowest BCUT2D eigenvalue weighted by molar-refractivity contribution is 0.359. The minimum atomic E-state index is -3.70. The molecule has 0 aliphatic heterocycles. The van der Waals surface area contributed by atoms with Gasteiger partial charge < -0.3 is 4.74 Å². The predicted molar refractivity (Wildman–Crippen MR) is 121 cm³/mol. The first-order chi connectivity index (χ1) is 14.4. The van der Waals surface area contributed by atoms with Crippen molar-refractivity contribution in [2.75, 3.05) is 7.11 Å². The number of nitrogens with zero attached hydrogens (tertiary/aromatic N) is 2. The zero-order valence-electron chi connectivity index (χ0n) is 17.2. The maximum atomic E-state index is 13.0. The van der Waals surface area contributed by atoms with Gasteiger partial charge in [0, 0.05) is 6.20 Å². The highest BCUT2D eigenvalue weighted by Gasteiger charge is 2.30. The van der Waals surface area contributed by atoms with Gasteiger partial charge in [-0.2, -0.15) is 5.10 Å².